The molecule has 1 nitrogen and oxygen atoms in total. The van der Waals surface area contributed by atoms with Crippen LogP contribution in [0.3, 0.4) is 0 Å². The van der Waals surface area contributed by atoms with Crippen LogP contribution in [0, 0.1) is 12.7 Å². The van der Waals surface area contributed by atoms with E-state index in [0.717, 1.165) is 38.6 Å². The second kappa shape index (κ2) is 7.52. The molecule has 2 aromatic carbocycles. The number of aryl methyl sites for hydroxylation is 1. The van der Waals surface area contributed by atoms with Crippen molar-refractivity contribution >= 4 is 31.9 Å². The maximum Gasteiger partial charge on any atom is 0.123 e. The van der Waals surface area contributed by atoms with Crippen molar-refractivity contribution in [1.29, 1.82) is 0 Å². The molecular formula is C17H18Br2FN. The second-order valence-electron chi connectivity index (χ2n) is 5.05. The van der Waals surface area contributed by atoms with Gasteiger partial charge in [0.1, 0.15) is 5.82 Å². The lowest BCUT2D eigenvalue weighted by atomic mass is 9.95. The highest BCUT2D eigenvalue weighted by molar-refractivity contribution is 9.11. The van der Waals surface area contributed by atoms with Gasteiger partial charge < -0.3 is 5.32 Å². The number of hydrogen-bond donors (Lipinski definition) is 1. The van der Waals surface area contributed by atoms with Gasteiger partial charge in [0.25, 0.3) is 0 Å². The van der Waals surface area contributed by atoms with E-state index in [0.29, 0.717) is 0 Å². The molecule has 0 aliphatic rings. The van der Waals surface area contributed by atoms with Crippen molar-refractivity contribution in [2.45, 2.75) is 26.3 Å². The summed E-state index contributed by atoms with van der Waals surface area (Å²) >= 11 is 7.15. The lowest BCUT2D eigenvalue weighted by Gasteiger charge is -2.23. The first kappa shape index (κ1) is 16.7. The fourth-order valence-corrected chi connectivity index (χ4v) is 3.23. The molecule has 0 saturated heterocycles. The predicted octanol–water partition coefficient (Wildman–Crippen LogP) is 5.75. The third-order valence-electron chi connectivity index (χ3n) is 3.41. The first-order chi connectivity index (χ1) is 10.0. The van der Waals surface area contributed by atoms with E-state index < -0.39 is 0 Å². The third-order valence-corrected chi connectivity index (χ3v) is 4.63. The van der Waals surface area contributed by atoms with Gasteiger partial charge in [-0.3, -0.25) is 0 Å². The normalized spacial score (nSPS) is 12.4. The molecule has 0 amide bonds. The van der Waals surface area contributed by atoms with Crippen LogP contribution in [-0.2, 0) is 0 Å². The quantitative estimate of drug-likeness (QED) is 0.656. The van der Waals surface area contributed by atoms with Gasteiger partial charge in [0.2, 0.25) is 0 Å². The number of benzene rings is 2. The molecule has 2 rings (SSSR count). The van der Waals surface area contributed by atoms with Crippen LogP contribution in [0.2, 0.25) is 0 Å². The average molecular weight is 415 g/mol. The van der Waals surface area contributed by atoms with E-state index in [-0.39, 0.29) is 11.9 Å². The molecule has 2 aromatic rings. The molecule has 0 radical (unpaired) electrons. The lowest BCUT2D eigenvalue weighted by Crippen LogP contribution is -2.24. The van der Waals surface area contributed by atoms with Crippen molar-refractivity contribution in [2.24, 2.45) is 0 Å². The van der Waals surface area contributed by atoms with E-state index in [1.54, 1.807) is 6.07 Å². The second-order valence-corrected chi connectivity index (χ2v) is 6.82. The van der Waals surface area contributed by atoms with Crippen LogP contribution in [0.1, 0.15) is 36.1 Å². The SMILES string of the molecule is CCCNC(c1ccc(F)cc1C)c1cc(Br)ccc1Br. The fraction of sp³-hybridized carbons (Fsp3) is 0.294. The van der Waals surface area contributed by atoms with Crippen molar-refractivity contribution in [3.8, 4) is 0 Å². The summed E-state index contributed by atoms with van der Waals surface area (Å²) in [6.45, 7) is 4.99. The topological polar surface area (TPSA) is 12.0 Å². The number of halogens is 3. The van der Waals surface area contributed by atoms with E-state index in [1.165, 1.54) is 6.07 Å². The highest BCUT2D eigenvalue weighted by atomic mass is 79.9. The maximum atomic E-state index is 13.4. The molecule has 0 saturated carbocycles. The molecule has 0 aliphatic heterocycles. The monoisotopic (exact) mass is 413 g/mol. The molecule has 0 bridgehead atoms. The van der Waals surface area contributed by atoms with E-state index in [9.17, 15) is 4.39 Å². The lowest BCUT2D eigenvalue weighted by molar-refractivity contribution is 0.588. The van der Waals surface area contributed by atoms with Crippen LogP contribution in [0.4, 0.5) is 4.39 Å². The van der Waals surface area contributed by atoms with Crippen molar-refractivity contribution in [3.63, 3.8) is 0 Å². The third kappa shape index (κ3) is 4.15. The summed E-state index contributed by atoms with van der Waals surface area (Å²) in [5.41, 5.74) is 3.20. The Hall–Kier alpha value is -0.710. The Kier molecular flexibility index (Phi) is 5.97. The van der Waals surface area contributed by atoms with Gasteiger partial charge in [-0.1, -0.05) is 44.8 Å². The van der Waals surface area contributed by atoms with Gasteiger partial charge >= 0.3 is 0 Å². The Morgan fingerprint density at radius 1 is 1.10 bits per heavy atom. The first-order valence-corrected chi connectivity index (χ1v) is 8.56. The van der Waals surface area contributed by atoms with Crippen molar-refractivity contribution < 1.29 is 4.39 Å². The first-order valence-electron chi connectivity index (χ1n) is 6.97. The van der Waals surface area contributed by atoms with Crippen LogP contribution in [0.15, 0.2) is 45.3 Å². The molecule has 0 heterocycles. The van der Waals surface area contributed by atoms with Crippen LogP contribution < -0.4 is 5.32 Å². The summed E-state index contributed by atoms with van der Waals surface area (Å²) in [7, 11) is 0. The Bertz CT molecular complexity index is 628. The standard InChI is InChI=1S/C17H18Br2FN/c1-3-8-21-17(14-6-5-13(20)9-11(14)2)15-10-12(18)4-7-16(15)19/h4-7,9-10,17,21H,3,8H2,1-2H3. The van der Waals surface area contributed by atoms with Crippen molar-refractivity contribution in [2.75, 3.05) is 6.54 Å². The average Bonchev–Trinajstić information content (AvgIpc) is 2.44. The van der Waals surface area contributed by atoms with E-state index in [2.05, 4.69) is 50.2 Å². The van der Waals surface area contributed by atoms with Crippen LogP contribution in [-0.4, -0.2) is 6.54 Å². The zero-order chi connectivity index (χ0) is 15.4. The van der Waals surface area contributed by atoms with Gasteiger partial charge in [0, 0.05) is 8.95 Å². The predicted molar refractivity (Wildman–Crippen MR) is 93.1 cm³/mol. The highest BCUT2D eigenvalue weighted by Crippen LogP contribution is 2.32. The zero-order valence-corrected chi connectivity index (χ0v) is 15.3. The summed E-state index contributed by atoms with van der Waals surface area (Å²) in [6, 6.07) is 11.1. The molecule has 4 heteroatoms. The molecule has 0 spiro atoms. The number of rotatable bonds is 5. The maximum absolute atomic E-state index is 13.4. The zero-order valence-electron chi connectivity index (χ0n) is 12.1. The Labute approximate surface area is 142 Å². The minimum Gasteiger partial charge on any atom is -0.306 e. The van der Waals surface area contributed by atoms with E-state index in [1.807, 2.05) is 25.1 Å². The minimum absolute atomic E-state index is 0.0393. The smallest absolute Gasteiger partial charge is 0.123 e. The number of nitrogens with one attached hydrogen (secondary N) is 1. The van der Waals surface area contributed by atoms with Crippen molar-refractivity contribution in [1.82, 2.24) is 5.32 Å². The van der Waals surface area contributed by atoms with Gasteiger partial charge in [0.05, 0.1) is 6.04 Å². The van der Waals surface area contributed by atoms with E-state index >= 15 is 0 Å². The summed E-state index contributed by atoms with van der Waals surface area (Å²) in [6.07, 6.45) is 1.04. The fourth-order valence-electron chi connectivity index (χ4n) is 2.37. The van der Waals surface area contributed by atoms with Crippen LogP contribution in [0.5, 0.6) is 0 Å². The largest absolute Gasteiger partial charge is 0.306 e. The van der Waals surface area contributed by atoms with Gasteiger partial charge in [-0.05, 0) is 66.9 Å². The van der Waals surface area contributed by atoms with Gasteiger partial charge in [-0.25, -0.2) is 4.39 Å². The molecule has 0 fully saturated rings. The summed E-state index contributed by atoms with van der Waals surface area (Å²) in [5.74, 6) is -0.196. The molecule has 21 heavy (non-hydrogen) atoms. The van der Waals surface area contributed by atoms with Gasteiger partial charge in [0.15, 0.2) is 0 Å². The Morgan fingerprint density at radius 2 is 1.86 bits per heavy atom. The van der Waals surface area contributed by atoms with Crippen LogP contribution in [0.25, 0.3) is 0 Å². The summed E-state index contributed by atoms with van der Waals surface area (Å²) < 4.78 is 15.4. The molecule has 0 aromatic heterocycles. The number of hydrogen-bond acceptors (Lipinski definition) is 1. The van der Waals surface area contributed by atoms with Crippen molar-refractivity contribution in [3.05, 3.63) is 67.9 Å². The molecule has 1 atom stereocenters. The van der Waals surface area contributed by atoms with Crippen LogP contribution >= 0.6 is 31.9 Å². The van der Waals surface area contributed by atoms with Gasteiger partial charge in [-0.2, -0.15) is 0 Å². The Morgan fingerprint density at radius 3 is 2.52 bits per heavy atom. The summed E-state index contributed by atoms with van der Waals surface area (Å²) in [5, 5.41) is 3.56. The molecule has 1 unspecified atom stereocenters. The molecule has 1 N–H and O–H groups in total. The molecule has 112 valence electrons. The van der Waals surface area contributed by atoms with Gasteiger partial charge in [-0.15, -0.1) is 0 Å². The minimum atomic E-state index is -0.196. The van der Waals surface area contributed by atoms with E-state index in [4.69, 9.17) is 0 Å². The summed E-state index contributed by atoms with van der Waals surface area (Å²) in [4.78, 5) is 0. The highest BCUT2D eigenvalue weighted by Gasteiger charge is 2.18. The molecule has 0 aliphatic carbocycles. The molecular weight excluding hydrogens is 397 g/mol. The Balaban J connectivity index is 2.49.